The van der Waals surface area contributed by atoms with Crippen LogP contribution in [0.2, 0.25) is 0 Å². The van der Waals surface area contributed by atoms with E-state index in [0.29, 0.717) is 5.39 Å². The monoisotopic (exact) mass is 344 g/mol. The highest BCUT2D eigenvalue weighted by atomic mass is 32.2. The van der Waals surface area contributed by atoms with Gasteiger partial charge >= 0.3 is 5.97 Å². The molecule has 0 aliphatic heterocycles. The summed E-state index contributed by atoms with van der Waals surface area (Å²) in [6.07, 6.45) is 0. The number of aromatic carboxylic acids is 1. The van der Waals surface area contributed by atoms with Crippen LogP contribution in [-0.4, -0.2) is 29.6 Å². The quantitative estimate of drug-likeness (QED) is 0.669. The van der Waals surface area contributed by atoms with Crippen LogP contribution in [0.1, 0.15) is 10.4 Å². The predicted molar refractivity (Wildman–Crippen MR) is 87.6 cm³/mol. The fraction of sp³-hybridized carbons (Fsp3) is 0. The molecule has 3 rings (SSSR count). The van der Waals surface area contributed by atoms with Gasteiger partial charge in [-0.05, 0) is 42.5 Å². The van der Waals surface area contributed by atoms with Crippen LogP contribution in [0.3, 0.4) is 0 Å². The second-order valence-electron chi connectivity index (χ2n) is 4.98. The van der Waals surface area contributed by atoms with Crippen LogP contribution in [-0.2, 0) is 10.0 Å². The van der Waals surface area contributed by atoms with E-state index in [1.807, 2.05) is 0 Å². The number of aromatic hydroxyl groups is 1. The summed E-state index contributed by atoms with van der Waals surface area (Å²) < 4.78 is 27.0. The molecule has 0 saturated heterocycles. The van der Waals surface area contributed by atoms with E-state index in [1.54, 1.807) is 18.2 Å². The van der Waals surface area contributed by atoms with Crippen LogP contribution < -0.4 is 4.72 Å². The molecule has 122 valence electrons. The molecule has 0 atom stereocenters. The Balaban J connectivity index is 1.94. The molecule has 0 aliphatic carbocycles. The number of rotatable bonds is 4. The number of phenols is 1. The third-order valence-electron chi connectivity index (χ3n) is 3.35. The number of nitrogens with zero attached hydrogens (tertiary/aromatic N) is 1. The molecule has 8 heteroatoms. The van der Waals surface area contributed by atoms with Crippen molar-refractivity contribution >= 4 is 32.7 Å². The summed E-state index contributed by atoms with van der Waals surface area (Å²) in [5.74, 6) is -1.15. The Bertz CT molecular complexity index is 1030. The molecular weight excluding hydrogens is 332 g/mol. The number of nitrogens with one attached hydrogen (secondary N) is 1. The highest BCUT2D eigenvalue weighted by Crippen LogP contribution is 2.25. The van der Waals surface area contributed by atoms with E-state index in [4.69, 9.17) is 5.11 Å². The van der Waals surface area contributed by atoms with Gasteiger partial charge < -0.3 is 10.2 Å². The minimum Gasteiger partial charge on any atom is -0.506 e. The lowest BCUT2D eigenvalue weighted by Crippen LogP contribution is -2.14. The molecule has 0 fully saturated rings. The van der Waals surface area contributed by atoms with Gasteiger partial charge in [0.05, 0.1) is 10.5 Å². The average molecular weight is 344 g/mol. The molecule has 24 heavy (non-hydrogen) atoms. The van der Waals surface area contributed by atoms with E-state index in [9.17, 15) is 18.3 Å². The lowest BCUT2D eigenvalue weighted by molar-refractivity contribution is 0.0696. The SMILES string of the molecule is O=C(O)c1ccc(S(=O)(=O)Nc2ccc3cccc(O)c3n2)cc1. The predicted octanol–water partition coefficient (Wildman–Crippen LogP) is 2.44. The summed E-state index contributed by atoms with van der Waals surface area (Å²) in [5, 5.41) is 19.3. The number of phenolic OH excluding ortho intramolecular Hbond substituents is 1. The summed E-state index contributed by atoms with van der Waals surface area (Å²) in [4.78, 5) is 14.8. The van der Waals surface area contributed by atoms with Gasteiger partial charge in [-0.1, -0.05) is 12.1 Å². The third kappa shape index (κ3) is 2.99. The van der Waals surface area contributed by atoms with Crippen molar-refractivity contribution in [1.29, 1.82) is 0 Å². The molecule has 0 radical (unpaired) electrons. The fourth-order valence-electron chi connectivity index (χ4n) is 2.16. The van der Waals surface area contributed by atoms with Crippen LogP contribution in [0.25, 0.3) is 10.9 Å². The number of pyridine rings is 1. The topological polar surface area (TPSA) is 117 Å². The van der Waals surface area contributed by atoms with E-state index in [1.165, 1.54) is 36.4 Å². The summed E-state index contributed by atoms with van der Waals surface area (Å²) >= 11 is 0. The lowest BCUT2D eigenvalue weighted by Gasteiger charge is -2.09. The van der Waals surface area contributed by atoms with E-state index < -0.39 is 16.0 Å². The molecule has 1 heterocycles. The van der Waals surface area contributed by atoms with Crippen molar-refractivity contribution < 1.29 is 23.4 Å². The number of hydrogen-bond donors (Lipinski definition) is 3. The van der Waals surface area contributed by atoms with E-state index >= 15 is 0 Å². The molecule has 2 aromatic carbocycles. The molecule has 0 amide bonds. The Hall–Kier alpha value is -3.13. The van der Waals surface area contributed by atoms with Gasteiger partial charge in [-0.3, -0.25) is 4.72 Å². The molecule has 0 spiro atoms. The number of carbonyl (C=O) groups is 1. The van der Waals surface area contributed by atoms with E-state index in [-0.39, 0.29) is 27.5 Å². The molecule has 0 saturated carbocycles. The Kier molecular flexibility index (Phi) is 3.82. The van der Waals surface area contributed by atoms with Crippen molar-refractivity contribution in [2.45, 2.75) is 4.90 Å². The smallest absolute Gasteiger partial charge is 0.335 e. The average Bonchev–Trinajstić information content (AvgIpc) is 2.55. The van der Waals surface area contributed by atoms with Gasteiger partial charge in [0.1, 0.15) is 17.1 Å². The summed E-state index contributed by atoms with van der Waals surface area (Å²) in [5.41, 5.74) is 0.265. The summed E-state index contributed by atoms with van der Waals surface area (Å²) in [7, 11) is -3.92. The first-order chi connectivity index (χ1) is 11.4. The highest BCUT2D eigenvalue weighted by Gasteiger charge is 2.16. The van der Waals surface area contributed by atoms with Gasteiger partial charge in [0.15, 0.2) is 0 Å². The van der Waals surface area contributed by atoms with Crippen LogP contribution in [0.4, 0.5) is 5.82 Å². The molecule has 0 bridgehead atoms. The maximum Gasteiger partial charge on any atom is 0.335 e. The van der Waals surface area contributed by atoms with Crippen LogP contribution in [0.5, 0.6) is 5.75 Å². The van der Waals surface area contributed by atoms with Crippen LogP contribution >= 0.6 is 0 Å². The number of para-hydroxylation sites is 1. The maximum absolute atomic E-state index is 12.3. The van der Waals surface area contributed by atoms with Gasteiger partial charge in [0.25, 0.3) is 10.0 Å². The zero-order valence-corrected chi connectivity index (χ0v) is 13.0. The normalized spacial score (nSPS) is 11.3. The second kappa shape index (κ2) is 5.82. The number of fused-ring (bicyclic) bond motifs is 1. The van der Waals surface area contributed by atoms with E-state index in [2.05, 4.69) is 9.71 Å². The van der Waals surface area contributed by atoms with Crippen LogP contribution in [0.15, 0.2) is 59.5 Å². The van der Waals surface area contributed by atoms with E-state index in [0.717, 1.165) is 0 Å². The Morgan fingerprint density at radius 2 is 1.71 bits per heavy atom. The Morgan fingerprint density at radius 3 is 2.38 bits per heavy atom. The first kappa shape index (κ1) is 15.8. The standard InChI is InChI=1S/C16H12N2O5S/c19-13-3-1-2-10-6-9-14(17-15(10)13)18-24(22,23)12-7-4-11(5-8-12)16(20)21/h1-9,19H,(H,17,18)(H,20,21). The first-order valence-electron chi connectivity index (χ1n) is 6.82. The van der Waals surface area contributed by atoms with Crippen LogP contribution in [0, 0.1) is 0 Å². The Labute approximate surface area is 137 Å². The molecule has 7 nitrogen and oxygen atoms in total. The molecule has 3 aromatic rings. The number of hydrogen-bond acceptors (Lipinski definition) is 5. The van der Waals surface area contributed by atoms with Crippen molar-refractivity contribution in [2.24, 2.45) is 0 Å². The van der Waals surface area contributed by atoms with Crippen molar-refractivity contribution in [3.05, 3.63) is 60.2 Å². The van der Waals surface area contributed by atoms with Gasteiger partial charge in [-0.15, -0.1) is 0 Å². The number of benzene rings is 2. The van der Waals surface area contributed by atoms with Crippen molar-refractivity contribution in [3.8, 4) is 5.75 Å². The third-order valence-corrected chi connectivity index (χ3v) is 4.72. The van der Waals surface area contributed by atoms with Gasteiger partial charge in [-0.2, -0.15) is 0 Å². The largest absolute Gasteiger partial charge is 0.506 e. The van der Waals surface area contributed by atoms with Crippen molar-refractivity contribution in [2.75, 3.05) is 4.72 Å². The lowest BCUT2D eigenvalue weighted by atomic mass is 10.2. The minimum absolute atomic E-state index is 0.0114. The van der Waals surface area contributed by atoms with Gasteiger partial charge in [0.2, 0.25) is 0 Å². The second-order valence-corrected chi connectivity index (χ2v) is 6.66. The number of carboxylic acid groups (broad SMARTS) is 1. The van der Waals surface area contributed by atoms with Gasteiger partial charge in [-0.25, -0.2) is 18.2 Å². The Morgan fingerprint density at radius 1 is 1.00 bits per heavy atom. The zero-order chi connectivity index (χ0) is 17.3. The fourth-order valence-corrected chi connectivity index (χ4v) is 3.16. The molecule has 3 N–H and O–H groups in total. The number of anilines is 1. The molecule has 0 aliphatic rings. The number of carboxylic acids is 1. The molecular formula is C16H12N2O5S. The molecule has 1 aromatic heterocycles. The maximum atomic E-state index is 12.3. The van der Waals surface area contributed by atoms with Crippen molar-refractivity contribution in [1.82, 2.24) is 4.98 Å². The number of aromatic nitrogens is 1. The minimum atomic E-state index is -3.92. The first-order valence-corrected chi connectivity index (χ1v) is 8.30. The molecule has 0 unspecified atom stereocenters. The summed E-state index contributed by atoms with van der Waals surface area (Å²) in [6, 6.07) is 12.8. The zero-order valence-electron chi connectivity index (χ0n) is 12.2. The van der Waals surface area contributed by atoms with Crippen molar-refractivity contribution in [3.63, 3.8) is 0 Å². The summed E-state index contributed by atoms with van der Waals surface area (Å²) in [6.45, 7) is 0. The van der Waals surface area contributed by atoms with Gasteiger partial charge in [0, 0.05) is 5.39 Å². The highest BCUT2D eigenvalue weighted by molar-refractivity contribution is 7.92. The number of sulfonamides is 1.